The van der Waals surface area contributed by atoms with Gasteiger partial charge >= 0.3 is 0 Å². The van der Waals surface area contributed by atoms with E-state index in [0.717, 1.165) is 37.4 Å². The van der Waals surface area contributed by atoms with Crippen LogP contribution in [0.2, 0.25) is 0 Å². The highest BCUT2D eigenvalue weighted by atomic mass is 15.3. The van der Waals surface area contributed by atoms with Crippen molar-refractivity contribution in [1.29, 1.82) is 0 Å². The van der Waals surface area contributed by atoms with E-state index in [9.17, 15) is 0 Å². The largest absolute Gasteiger partial charge is 0.355 e. The molecule has 4 nitrogen and oxygen atoms in total. The Bertz CT molecular complexity index is 307. The monoisotopic (exact) mass is 266 g/mol. The summed E-state index contributed by atoms with van der Waals surface area (Å²) in [4.78, 5) is 9.25. The molecule has 0 aromatic carbocycles. The van der Waals surface area contributed by atoms with Crippen molar-refractivity contribution in [3.63, 3.8) is 0 Å². The highest BCUT2D eigenvalue weighted by Crippen LogP contribution is 2.34. The van der Waals surface area contributed by atoms with Crippen LogP contribution in [0, 0.1) is 11.8 Å². The number of likely N-dealkylation sites (tertiary alicyclic amines) is 1. The van der Waals surface area contributed by atoms with E-state index in [1.165, 1.54) is 25.7 Å². The van der Waals surface area contributed by atoms with Crippen molar-refractivity contribution in [1.82, 2.24) is 15.1 Å². The van der Waals surface area contributed by atoms with Gasteiger partial charge in [0.2, 0.25) is 0 Å². The van der Waals surface area contributed by atoms with Crippen molar-refractivity contribution < 1.29 is 0 Å². The lowest BCUT2D eigenvalue weighted by atomic mass is 10.0. The number of hydrogen-bond donors (Lipinski definition) is 1. The van der Waals surface area contributed by atoms with Crippen molar-refractivity contribution in [3.05, 3.63) is 0 Å². The number of nitrogens with zero attached hydrogens (tertiary/aromatic N) is 3. The topological polar surface area (TPSA) is 30.9 Å². The van der Waals surface area contributed by atoms with Crippen LogP contribution in [0.1, 0.15) is 32.6 Å². The lowest BCUT2D eigenvalue weighted by molar-refractivity contribution is 0.247. The molecule has 1 aliphatic heterocycles. The molecular weight excluding hydrogens is 236 g/mol. The molecule has 1 saturated carbocycles. The Hall–Kier alpha value is -0.770. The summed E-state index contributed by atoms with van der Waals surface area (Å²) in [6, 6.07) is 0.652. The Kier molecular flexibility index (Phi) is 5.08. The van der Waals surface area contributed by atoms with E-state index in [2.05, 4.69) is 41.1 Å². The third-order valence-corrected chi connectivity index (χ3v) is 4.47. The van der Waals surface area contributed by atoms with Crippen molar-refractivity contribution in [2.24, 2.45) is 16.8 Å². The SMILES string of the molecule is CN=C(NCC(C1CC1)N(C)C)N1CCCC(C)C1. The fourth-order valence-corrected chi connectivity index (χ4v) is 3.16. The summed E-state index contributed by atoms with van der Waals surface area (Å²) < 4.78 is 0. The Morgan fingerprint density at radius 2 is 2.11 bits per heavy atom. The third-order valence-electron chi connectivity index (χ3n) is 4.47. The van der Waals surface area contributed by atoms with E-state index in [1.807, 2.05) is 7.05 Å². The van der Waals surface area contributed by atoms with Gasteiger partial charge in [0.05, 0.1) is 0 Å². The van der Waals surface area contributed by atoms with Crippen molar-refractivity contribution in [2.75, 3.05) is 40.8 Å². The second-order valence-corrected chi connectivity index (χ2v) is 6.49. The minimum Gasteiger partial charge on any atom is -0.355 e. The number of likely N-dealkylation sites (N-methyl/N-ethyl adjacent to an activating group) is 1. The van der Waals surface area contributed by atoms with Gasteiger partial charge in [-0.15, -0.1) is 0 Å². The summed E-state index contributed by atoms with van der Waals surface area (Å²) in [7, 11) is 6.29. The fourth-order valence-electron chi connectivity index (χ4n) is 3.16. The average molecular weight is 266 g/mol. The Morgan fingerprint density at radius 3 is 2.63 bits per heavy atom. The van der Waals surface area contributed by atoms with Gasteiger partial charge in [-0.1, -0.05) is 6.92 Å². The van der Waals surface area contributed by atoms with Crippen LogP contribution in [0.4, 0.5) is 0 Å². The first-order valence-electron chi connectivity index (χ1n) is 7.73. The number of nitrogens with one attached hydrogen (secondary N) is 1. The second-order valence-electron chi connectivity index (χ2n) is 6.49. The molecule has 0 aromatic rings. The summed E-state index contributed by atoms with van der Waals surface area (Å²) in [5, 5.41) is 3.60. The lowest BCUT2D eigenvalue weighted by Gasteiger charge is -2.34. The summed E-state index contributed by atoms with van der Waals surface area (Å²) in [6.07, 6.45) is 5.44. The van der Waals surface area contributed by atoms with Gasteiger partial charge in [-0.25, -0.2) is 0 Å². The highest BCUT2D eigenvalue weighted by Gasteiger charge is 2.32. The first-order chi connectivity index (χ1) is 9.11. The molecule has 0 amide bonds. The molecule has 2 aliphatic rings. The van der Waals surface area contributed by atoms with Gasteiger partial charge in [-0.05, 0) is 51.6 Å². The summed E-state index contributed by atoms with van der Waals surface area (Å²) in [6.45, 7) is 5.66. The number of piperidine rings is 1. The quantitative estimate of drug-likeness (QED) is 0.620. The van der Waals surface area contributed by atoms with Crippen LogP contribution in [-0.4, -0.2) is 62.6 Å². The molecule has 4 heteroatoms. The third kappa shape index (κ3) is 4.10. The number of rotatable bonds is 4. The van der Waals surface area contributed by atoms with Crippen LogP contribution in [0.5, 0.6) is 0 Å². The number of guanidine groups is 1. The average Bonchev–Trinajstić information content (AvgIpc) is 3.18. The molecule has 1 heterocycles. The minimum absolute atomic E-state index is 0.652. The molecule has 2 atom stereocenters. The van der Waals surface area contributed by atoms with Crippen molar-refractivity contribution >= 4 is 5.96 Å². The van der Waals surface area contributed by atoms with Crippen LogP contribution in [0.25, 0.3) is 0 Å². The van der Waals surface area contributed by atoms with Crippen LogP contribution in [-0.2, 0) is 0 Å². The predicted molar refractivity (Wildman–Crippen MR) is 81.5 cm³/mol. The molecular formula is C15H30N4. The maximum Gasteiger partial charge on any atom is 0.193 e. The van der Waals surface area contributed by atoms with Gasteiger partial charge in [0.25, 0.3) is 0 Å². The molecule has 0 radical (unpaired) electrons. The molecule has 1 saturated heterocycles. The summed E-state index contributed by atoms with van der Waals surface area (Å²) >= 11 is 0. The Balaban J connectivity index is 1.84. The Labute approximate surface area is 118 Å². The smallest absolute Gasteiger partial charge is 0.193 e. The van der Waals surface area contributed by atoms with Crippen LogP contribution < -0.4 is 5.32 Å². The zero-order chi connectivity index (χ0) is 13.8. The lowest BCUT2D eigenvalue weighted by Crippen LogP contribution is -2.50. The van der Waals surface area contributed by atoms with E-state index >= 15 is 0 Å². The van der Waals surface area contributed by atoms with Crippen LogP contribution >= 0.6 is 0 Å². The molecule has 2 rings (SSSR count). The van der Waals surface area contributed by atoms with Gasteiger partial charge < -0.3 is 15.1 Å². The van der Waals surface area contributed by atoms with E-state index in [1.54, 1.807) is 0 Å². The minimum atomic E-state index is 0.652. The molecule has 19 heavy (non-hydrogen) atoms. The fraction of sp³-hybridized carbons (Fsp3) is 0.933. The van der Waals surface area contributed by atoms with E-state index in [4.69, 9.17) is 0 Å². The zero-order valence-corrected chi connectivity index (χ0v) is 13.0. The first kappa shape index (κ1) is 14.6. The van der Waals surface area contributed by atoms with Gasteiger partial charge in [0.1, 0.15) is 0 Å². The van der Waals surface area contributed by atoms with Gasteiger partial charge in [-0.2, -0.15) is 0 Å². The van der Waals surface area contributed by atoms with Crippen molar-refractivity contribution in [2.45, 2.75) is 38.6 Å². The number of hydrogen-bond acceptors (Lipinski definition) is 2. The maximum absolute atomic E-state index is 4.47. The molecule has 1 N–H and O–H groups in total. The zero-order valence-electron chi connectivity index (χ0n) is 13.0. The number of aliphatic imine (C=N–C) groups is 1. The molecule has 2 fully saturated rings. The van der Waals surface area contributed by atoms with Crippen LogP contribution in [0.3, 0.4) is 0 Å². The molecule has 2 unspecified atom stereocenters. The van der Waals surface area contributed by atoms with Gasteiger partial charge in [-0.3, -0.25) is 4.99 Å². The van der Waals surface area contributed by atoms with E-state index in [0.29, 0.717) is 6.04 Å². The molecule has 110 valence electrons. The van der Waals surface area contributed by atoms with E-state index < -0.39 is 0 Å². The highest BCUT2D eigenvalue weighted by molar-refractivity contribution is 5.80. The van der Waals surface area contributed by atoms with Crippen molar-refractivity contribution in [3.8, 4) is 0 Å². The molecule has 1 aliphatic carbocycles. The van der Waals surface area contributed by atoms with Gasteiger partial charge in [0, 0.05) is 32.7 Å². The maximum atomic E-state index is 4.47. The first-order valence-corrected chi connectivity index (χ1v) is 7.73. The molecule has 0 bridgehead atoms. The Morgan fingerprint density at radius 1 is 1.37 bits per heavy atom. The second kappa shape index (κ2) is 6.60. The summed E-state index contributed by atoms with van der Waals surface area (Å²) in [5.74, 6) is 2.78. The predicted octanol–water partition coefficient (Wildman–Crippen LogP) is 1.63. The normalized spacial score (nSPS) is 26.7. The summed E-state index contributed by atoms with van der Waals surface area (Å²) in [5.41, 5.74) is 0. The molecule has 0 aromatic heterocycles. The van der Waals surface area contributed by atoms with Gasteiger partial charge in [0.15, 0.2) is 5.96 Å². The van der Waals surface area contributed by atoms with E-state index in [-0.39, 0.29) is 0 Å². The standard InChI is InChI=1S/C15H30N4/c1-12-6-5-9-19(11-12)15(16-2)17-10-14(18(3)4)13-7-8-13/h12-14H,5-11H2,1-4H3,(H,16,17). The van der Waals surface area contributed by atoms with Crippen LogP contribution in [0.15, 0.2) is 4.99 Å². The molecule has 0 spiro atoms.